The number of hydrogen-bond donors (Lipinski definition) is 1. The third-order valence-electron chi connectivity index (χ3n) is 8.17. The van der Waals surface area contributed by atoms with E-state index in [1.165, 1.54) is 12.0 Å². The summed E-state index contributed by atoms with van der Waals surface area (Å²) in [7, 11) is 0. The molecule has 34 heavy (non-hydrogen) atoms. The van der Waals surface area contributed by atoms with Crippen molar-refractivity contribution in [1.29, 1.82) is 0 Å². The second-order valence-corrected chi connectivity index (χ2v) is 9.54. The fraction of sp³-hybridized carbons (Fsp3) is 0.296. The van der Waals surface area contributed by atoms with Crippen molar-refractivity contribution in [2.45, 2.75) is 25.7 Å². The molecule has 0 radical (unpaired) electrons. The lowest BCUT2D eigenvalue weighted by molar-refractivity contribution is 0.526. The predicted octanol–water partition coefficient (Wildman–Crippen LogP) is 4.69. The van der Waals surface area contributed by atoms with Crippen LogP contribution >= 0.6 is 0 Å². The van der Waals surface area contributed by atoms with E-state index in [1.807, 2.05) is 12.3 Å². The number of benzene rings is 2. The second-order valence-electron chi connectivity index (χ2n) is 9.54. The van der Waals surface area contributed by atoms with Crippen molar-refractivity contribution in [3.63, 3.8) is 0 Å². The molecule has 1 unspecified atom stereocenters. The Hall–Kier alpha value is -3.87. The van der Waals surface area contributed by atoms with Crippen LogP contribution in [0, 0.1) is 18.8 Å². The van der Waals surface area contributed by atoms with E-state index in [4.69, 9.17) is 9.97 Å². The molecule has 1 saturated carbocycles. The highest BCUT2D eigenvalue weighted by molar-refractivity contribution is 5.93. The molecule has 0 bridgehead atoms. The standard InChI is InChI=1S/C27H25N7/c1-3-27(17-7-5-4-6-8-17)19-14-34(15-20(19)27)22-13-30-25-24(32-33-26(25)31-22)18-9-10-21-23(16(18)2)29-12-11-28-21/h4-13,19-20H,3,14-15H2,1-2H3,(H,31,32,33)/t19-,20+,27?. The van der Waals surface area contributed by atoms with E-state index in [9.17, 15) is 0 Å². The molecular formula is C27H25N7. The van der Waals surface area contributed by atoms with Crippen molar-refractivity contribution in [2.75, 3.05) is 18.0 Å². The van der Waals surface area contributed by atoms with Gasteiger partial charge in [-0.3, -0.25) is 15.1 Å². The molecule has 1 saturated heterocycles. The van der Waals surface area contributed by atoms with Gasteiger partial charge in [0.2, 0.25) is 5.65 Å². The summed E-state index contributed by atoms with van der Waals surface area (Å²) >= 11 is 0. The molecule has 0 spiro atoms. The van der Waals surface area contributed by atoms with Gasteiger partial charge in [-0.05, 0) is 42.4 Å². The molecule has 3 aromatic heterocycles. The van der Waals surface area contributed by atoms with Gasteiger partial charge in [-0.1, -0.05) is 43.3 Å². The van der Waals surface area contributed by atoms with Crippen molar-refractivity contribution in [1.82, 2.24) is 30.1 Å². The van der Waals surface area contributed by atoms with E-state index in [1.54, 1.807) is 12.4 Å². The first kappa shape index (κ1) is 19.6. The minimum absolute atomic E-state index is 0.325. The molecule has 3 atom stereocenters. The Bertz CT molecular complexity index is 1530. The van der Waals surface area contributed by atoms with Crippen molar-refractivity contribution in [3.05, 3.63) is 72.2 Å². The van der Waals surface area contributed by atoms with Crippen LogP contribution in [-0.2, 0) is 5.41 Å². The summed E-state index contributed by atoms with van der Waals surface area (Å²) in [5, 5.41) is 7.68. The minimum atomic E-state index is 0.325. The summed E-state index contributed by atoms with van der Waals surface area (Å²) in [5.74, 6) is 2.26. The van der Waals surface area contributed by atoms with Crippen LogP contribution < -0.4 is 4.90 Å². The number of hydrogen-bond acceptors (Lipinski definition) is 6. The quantitative estimate of drug-likeness (QED) is 0.430. The number of anilines is 1. The average Bonchev–Trinajstić information content (AvgIpc) is 3.20. The van der Waals surface area contributed by atoms with E-state index in [0.29, 0.717) is 22.9 Å². The second kappa shape index (κ2) is 7.06. The summed E-state index contributed by atoms with van der Waals surface area (Å²) in [4.78, 5) is 21.0. The van der Waals surface area contributed by atoms with Crippen molar-refractivity contribution in [3.8, 4) is 11.3 Å². The molecule has 2 aliphatic rings. The van der Waals surface area contributed by atoms with E-state index in [0.717, 1.165) is 52.3 Å². The number of rotatable bonds is 4. The first-order chi connectivity index (χ1) is 16.7. The monoisotopic (exact) mass is 447 g/mol. The van der Waals surface area contributed by atoms with Gasteiger partial charge in [-0.25, -0.2) is 9.97 Å². The molecule has 5 aromatic rings. The summed E-state index contributed by atoms with van der Waals surface area (Å²) in [6.45, 7) is 6.43. The lowest BCUT2D eigenvalue weighted by Gasteiger charge is -2.27. The van der Waals surface area contributed by atoms with E-state index >= 15 is 0 Å². The molecule has 7 heteroatoms. The van der Waals surface area contributed by atoms with Crippen LogP contribution in [0.3, 0.4) is 0 Å². The van der Waals surface area contributed by atoms with Gasteiger partial charge in [0.15, 0.2) is 0 Å². The maximum Gasteiger partial charge on any atom is 0.202 e. The van der Waals surface area contributed by atoms with Gasteiger partial charge in [0.05, 0.1) is 22.9 Å². The number of fused-ring (bicyclic) bond motifs is 3. The van der Waals surface area contributed by atoms with Gasteiger partial charge in [0.25, 0.3) is 0 Å². The molecule has 1 aliphatic carbocycles. The Morgan fingerprint density at radius 3 is 2.56 bits per heavy atom. The van der Waals surface area contributed by atoms with Gasteiger partial charge in [0, 0.05) is 36.5 Å². The molecule has 168 valence electrons. The summed E-state index contributed by atoms with van der Waals surface area (Å²) in [6.07, 6.45) is 6.52. The van der Waals surface area contributed by atoms with Gasteiger partial charge in [-0.15, -0.1) is 0 Å². The van der Waals surface area contributed by atoms with Crippen molar-refractivity contribution >= 4 is 28.0 Å². The molecule has 4 heterocycles. The normalized spacial score (nSPS) is 23.5. The summed E-state index contributed by atoms with van der Waals surface area (Å²) in [5.41, 5.74) is 7.97. The molecule has 2 fully saturated rings. The molecule has 1 aliphatic heterocycles. The van der Waals surface area contributed by atoms with E-state index in [2.05, 4.69) is 75.3 Å². The van der Waals surface area contributed by atoms with Crippen molar-refractivity contribution in [2.24, 2.45) is 11.8 Å². The number of aromatic amines is 1. The highest BCUT2D eigenvalue weighted by atomic mass is 15.3. The number of nitrogens with zero attached hydrogens (tertiary/aromatic N) is 6. The number of H-pyrrole nitrogens is 1. The maximum atomic E-state index is 4.89. The van der Waals surface area contributed by atoms with Crippen LogP contribution in [0.5, 0.6) is 0 Å². The smallest absolute Gasteiger partial charge is 0.202 e. The van der Waals surface area contributed by atoms with E-state index < -0.39 is 0 Å². The Morgan fingerprint density at radius 1 is 0.971 bits per heavy atom. The van der Waals surface area contributed by atoms with Crippen LogP contribution in [0.1, 0.15) is 24.5 Å². The van der Waals surface area contributed by atoms with Crippen LogP contribution in [-0.4, -0.2) is 43.2 Å². The van der Waals surface area contributed by atoms with Crippen LogP contribution in [0.2, 0.25) is 0 Å². The molecule has 0 amide bonds. The Kier molecular flexibility index (Phi) is 4.07. The molecule has 2 aromatic carbocycles. The van der Waals surface area contributed by atoms with Gasteiger partial charge in [-0.2, -0.15) is 5.10 Å². The largest absolute Gasteiger partial charge is 0.355 e. The number of piperidine rings is 1. The lowest BCUT2D eigenvalue weighted by atomic mass is 9.87. The predicted molar refractivity (Wildman–Crippen MR) is 133 cm³/mol. The lowest BCUT2D eigenvalue weighted by Crippen LogP contribution is -2.30. The van der Waals surface area contributed by atoms with Gasteiger partial charge >= 0.3 is 0 Å². The SMILES string of the molecule is CCC1(c2ccccc2)[C@@H]2CN(c3cnc4c(-c5ccc6nccnc6c5C)[nH]nc4n3)C[C@@H]21. The zero-order chi connectivity index (χ0) is 22.9. The highest BCUT2D eigenvalue weighted by Gasteiger charge is 2.67. The van der Waals surface area contributed by atoms with E-state index in [-0.39, 0.29) is 0 Å². The first-order valence-corrected chi connectivity index (χ1v) is 11.9. The highest BCUT2D eigenvalue weighted by Crippen LogP contribution is 2.65. The van der Waals surface area contributed by atoms with Crippen LogP contribution in [0.25, 0.3) is 33.5 Å². The minimum Gasteiger partial charge on any atom is -0.355 e. The third kappa shape index (κ3) is 2.61. The van der Waals surface area contributed by atoms with Crippen LogP contribution in [0.4, 0.5) is 5.82 Å². The van der Waals surface area contributed by atoms with Gasteiger partial charge in [0.1, 0.15) is 11.3 Å². The molecule has 1 N–H and O–H groups in total. The summed E-state index contributed by atoms with van der Waals surface area (Å²) in [6, 6.07) is 15.1. The number of aromatic nitrogens is 6. The molecular weight excluding hydrogens is 422 g/mol. The van der Waals surface area contributed by atoms with Gasteiger partial charge < -0.3 is 4.90 Å². The Morgan fingerprint density at radius 2 is 1.76 bits per heavy atom. The third-order valence-corrected chi connectivity index (χ3v) is 8.17. The fourth-order valence-corrected chi connectivity index (χ4v) is 6.40. The Balaban J connectivity index is 1.19. The zero-order valence-corrected chi connectivity index (χ0v) is 19.2. The summed E-state index contributed by atoms with van der Waals surface area (Å²) < 4.78 is 0. The fourth-order valence-electron chi connectivity index (χ4n) is 6.40. The number of aryl methyl sites for hydroxylation is 1. The maximum absolute atomic E-state index is 4.89. The topological polar surface area (TPSA) is 83.5 Å². The zero-order valence-electron chi connectivity index (χ0n) is 19.2. The van der Waals surface area contributed by atoms with Crippen molar-refractivity contribution < 1.29 is 0 Å². The molecule has 7 nitrogen and oxygen atoms in total. The van der Waals surface area contributed by atoms with Crippen LogP contribution in [0.15, 0.2) is 61.1 Å². The average molecular weight is 448 g/mol. The first-order valence-electron chi connectivity index (χ1n) is 11.9. The Labute approximate surface area is 197 Å². The number of nitrogens with one attached hydrogen (secondary N) is 1. The molecule has 7 rings (SSSR count).